The molecule has 0 radical (unpaired) electrons. The largest absolute Gasteiger partial charge is 0.478 e. The van der Waals surface area contributed by atoms with E-state index in [-0.39, 0.29) is 37.0 Å². The molecule has 0 unspecified atom stereocenters. The minimum Gasteiger partial charge on any atom is -0.478 e. The molecule has 3 aromatic carbocycles. The summed E-state index contributed by atoms with van der Waals surface area (Å²) in [6.07, 6.45) is -0.696. The number of carbonyl (C=O) groups excluding carboxylic acids is 2. The second-order valence-electron chi connectivity index (χ2n) is 10.1. The van der Waals surface area contributed by atoms with Crippen LogP contribution in [0.5, 0.6) is 0 Å². The van der Waals surface area contributed by atoms with Crippen LogP contribution in [-0.2, 0) is 25.6 Å². The summed E-state index contributed by atoms with van der Waals surface area (Å²) < 4.78 is 16.3. The number of carbonyl (C=O) groups is 3. The molecule has 0 atom stereocenters. The molecular formula is C30H31NO7. The molecule has 4 rings (SSSR count). The van der Waals surface area contributed by atoms with Gasteiger partial charge >= 0.3 is 18.0 Å². The van der Waals surface area contributed by atoms with Crippen LogP contribution in [0.1, 0.15) is 59.3 Å². The predicted octanol–water partition coefficient (Wildman–Crippen LogP) is 5.91. The van der Waals surface area contributed by atoms with Gasteiger partial charge in [-0.15, -0.1) is 0 Å². The van der Waals surface area contributed by atoms with Crippen LogP contribution in [0.3, 0.4) is 0 Å². The van der Waals surface area contributed by atoms with Crippen molar-refractivity contribution in [3.05, 3.63) is 88.5 Å². The van der Waals surface area contributed by atoms with E-state index in [0.29, 0.717) is 11.1 Å². The third kappa shape index (κ3) is 6.20. The molecule has 8 nitrogen and oxygen atoms in total. The molecule has 0 saturated carbocycles. The fourth-order valence-electron chi connectivity index (χ4n) is 4.54. The van der Waals surface area contributed by atoms with Crippen molar-refractivity contribution in [2.45, 2.75) is 45.8 Å². The van der Waals surface area contributed by atoms with Gasteiger partial charge in [0.1, 0.15) is 18.8 Å². The molecule has 0 aliphatic heterocycles. The summed E-state index contributed by atoms with van der Waals surface area (Å²) in [5.41, 5.74) is 5.18. The fraction of sp³-hybridized carbons (Fsp3) is 0.300. The summed E-state index contributed by atoms with van der Waals surface area (Å²) in [4.78, 5) is 36.5. The van der Waals surface area contributed by atoms with Crippen LogP contribution >= 0.6 is 0 Å². The Kier molecular flexibility index (Phi) is 7.83. The van der Waals surface area contributed by atoms with Gasteiger partial charge in [-0.2, -0.15) is 0 Å². The topological polar surface area (TPSA) is 111 Å². The van der Waals surface area contributed by atoms with E-state index in [1.54, 1.807) is 27.7 Å². The summed E-state index contributed by atoms with van der Waals surface area (Å²) in [7, 11) is 0. The molecule has 1 aliphatic rings. The number of aromatic carboxylic acids is 1. The smallest absolute Gasteiger partial charge is 0.411 e. The number of esters is 1. The average molecular weight is 518 g/mol. The maximum Gasteiger partial charge on any atom is 0.411 e. The van der Waals surface area contributed by atoms with E-state index in [2.05, 4.69) is 17.4 Å². The van der Waals surface area contributed by atoms with Crippen molar-refractivity contribution in [2.75, 3.05) is 18.5 Å². The Balaban J connectivity index is 1.44. The first-order chi connectivity index (χ1) is 18.0. The first-order valence-corrected chi connectivity index (χ1v) is 12.3. The number of benzene rings is 3. The Hall–Kier alpha value is -4.17. The summed E-state index contributed by atoms with van der Waals surface area (Å²) in [5, 5.41) is 12.3. The Bertz CT molecular complexity index is 1330. The van der Waals surface area contributed by atoms with E-state index in [9.17, 15) is 19.5 Å². The maximum absolute atomic E-state index is 12.8. The third-order valence-electron chi connectivity index (χ3n) is 6.24. The van der Waals surface area contributed by atoms with E-state index >= 15 is 0 Å². The van der Waals surface area contributed by atoms with Crippen LogP contribution < -0.4 is 5.32 Å². The van der Waals surface area contributed by atoms with Crippen molar-refractivity contribution in [3.63, 3.8) is 0 Å². The zero-order valence-corrected chi connectivity index (χ0v) is 21.9. The SMILES string of the molecule is Cc1c(COCC(=O)OC(C)(C)C)cc(C(=O)O)cc1NC(=O)OCC1c2ccccc2-c2ccccc21. The highest BCUT2D eigenvalue weighted by Gasteiger charge is 2.29. The van der Waals surface area contributed by atoms with Crippen molar-refractivity contribution >= 4 is 23.7 Å². The van der Waals surface area contributed by atoms with Gasteiger partial charge in [0.15, 0.2) is 0 Å². The maximum atomic E-state index is 12.8. The minimum absolute atomic E-state index is 0.0274. The molecule has 3 aromatic rings. The van der Waals surface area contributed by atoms with Gasteiger partial charge in [-0.1, -0.05) is 48.5 Å². The number of rotatable bonds is 8. The summed E-state index contributed by atoms with van der Waals surface area (Å²) in [5.74, 6) is -1.79. The van der Waals surface area contributed by atoms with Crippen LogP contribution in [0.4, 0.5) is 10.5 Å². The summed E-state index contributed by atoms with van der Waals surface area (Å²) in [6, 6.07) is 18.9. The predicted molar refractivity (Wildman–Crippen MR) is 142 cm³/mol. The first-order valence-electron chi connectivity index (χ1n) is 12.3. The molecule has 2 N–H and O–H groups in total. The zero-order valence-electron chi connectivity index (χ0n) is 21.9. The highest BCUT2D eigenvalue weighted by atomic mass is 16.6. The van der Waals surface area contributed by atoms with Gasteiger partial charge in [0.2, 0.25) is 0 Å². The lowest BCUT2D eigenvalue weighted by Gasteiger charge is -2.19. The van der Waals surface area contributed by atoms with Crippen LogP contribution in [0.15, 0.2) is 60.7 Å². The lowest BCUT2D eigenvalue weighted by atomic mass is 9.98. The minimum atomic E-state index is -1.16. The van der Waals surface area contributed by atoms with E-state index in [4.69, 9.17) is 14.2 Å². The monoisotopic (exact) mass is 517 g/mol. The Morgan fingerprint density at radius 1 is 0.947 bits per heavy atom. The highest BCUT2D eigenvalue weighted by Crippen LogP contribution is 2.44. The van der Waals surface area contributed by atoms with Gasteiger partial charge in [-0.05, 0) is 73.2 Å². The molecule has 1 amide bonds. The lowest BCUT2D eigenvalue weighted by molar-refractivity contribution is -0.160. The van der Waals surface area contributed by atoms with Crippen LogP contribution in [0, 0.1) is 6.92 Å². The molecule has 0 saturated heterocycles. The Labute approximate surface area is 221 Å². The average Bonchev–Trinajstić information content (AvgIpc) is 3.17. The van der Waals surface area contributed by atoms with E-state index in [1.807, 2.05) is 36.4 Å². The summed E-state index contributed by atoms with van der Waals surface area (Å²) >= 11 is 0. The number of hydrogen-bond donors (Lipinski definition) is 2. The quantitative estimate of drug-likeness (QED) is 0.357. The number of amides is 1. The Morgan fingerprint density at radius 2 is 1.55 bits per heavy atom. The first kappa shape index (κ1) is 26.9. The van der Waals surface area contributed by atoms with Crippen LogP contribution in [-0.4, -0.2) is 42.0 Å². The van der Waals surface area contributed by atoms with Gasteiger partial charge < -0.3 is 19.3 Å². The Morgan fingerprint density at radius 3 is 2.13 bits per heavy atom. The number of carboxylic acid groups (broad SMARTS) is 1. The van der Waals surface area contributed by atoms with Gasteiger partial charge in [-0.3, -0.25) is 5.32 Å². The van der Waals surface area contributed by atoms with E-state index in [1.165, 1.54) is 12.1 Å². The third-order valence-corrected chi connectivity index (χ3v) is 6.24. The van der Waals surface area contributed by atoms with Crippen LogP contribution in [0.25, 0.3) is 11.1 Å². The van der Waals surface area contributed by atoms with Crippen molar-refractivity contribution in [1.82, 2.24) is 0 Å². The normalized spacial score (nSPS) is 12.4. The molecule has 0 aromatic heterocycles. The number of anilines is 1. The fourth-order valence-corrected chi connectivity index (χ4v) is 4.54. The number of fused-ring (bicyclic) bond motifs is 3. The molecule has 1 aliphatic carbocycles. The lowest BCUT2D eigenvalue weighted by Crippen LogP contribution is -2.26. The molecule has 0 bridgehead atoms. The van der Waals surface area contributed by atoms with Gasteiger partial charge in [-0.25, -0.2) is 14.4 Å². The zero-order chi connectivity index (χ0) is 27.4. The standard InChI is InChI=1S/C30H31NO7/c1-18-20(15-36-17-27(32)38-30(2,3)4)13-19(28(33)34)14-26(18)31-29(35)37-16-25-23-11-7-5-9-21(23)22-10-6-8-12-24(22)25/h5-14,25H,15-17H2,1-4H3,(H,31,35)(H,33,34). The summed E-state index contributed by atoms with van der Waals surface area (Å²) in [6.45, 7) is 6.81. The number of ether oxygens (including phenoxy) is 3. The van der Waals surface area contributed by atoms with Gasteiger partial charge in [0.05, 0.1) is 12.2 Å². The number of nitrogens with one attached hydrogen (secondary N) is 1. The van der Waals surface area contributed by atoms with Gasteiger partial charge in [0.25, 0.3) is 0 Å². The van der Waals surface area contributed by atoms with E-state index < -0.39 is 23.6 Å². The van der Waals surface area contributed by atoms with Crippen LogP contribution in [0.2, 0.25) is 0 Å². The van der Waals surface area contributed by atoms with Crippen molar-refractivity contribution < 1.29 is 33.7 Å². The molecule has 0 fully saturated rings. The highest BCUT2D eigenvalue weighted by molar-refractivity contribution is 5.93. The van der Waals surface area contributed by atoms with Crippen molar-refractivity contribution in [1.29, 1.82) is 0 Å². The second kappa shape index (κ2) is 11.1. The molecule has 0 heterocycles. The van der Waals surface area contributed by atoms with E-state index in [0.717, 1.165) is 22.3 Å². The molecular weight excluding hydrogens is 486 g/mol. The molecule has 198 valence electrons. The van der Waals surface area contributed by atoms with Gasteiger partial charge in [0, 0.05) is 11.6 Å². The molecule has 38 heavy (non-hydrogen) atoms. The molecule has 8 heteroatoms. The molecule has 0 spiro atoms. The number of hydrogen-bond acceptors (Lipinski definition) is 6. The van der Waals surface area contributed by atoms with Crippen molar-refractivity contribution in [3.8, 4) is 11.1 Å². The van der Waals surface area contributed by atoms with Crippen molar-refractivity contribution in [2.24, 2.45) is 0 Å². The number of carboxylic acids is 1. The second-order valence-corrected chi connectivity index (χ2v) is 10.1.